The zero-order chi connectivity index (χ0) is 20.9. The molecule has 1 aromatic heterocycles. The quantitative estimate of drug-likeness (QED) is 0.603. The summed E-state index contributed by atoms with van der Waals surface area (Å²) in [7, 11) is 0. The smallest absolute Gasteiger partial charge is 0.260 e. The normalized spacial score (nSPS) is 16.5. The van der Waals surface area contributed by atoms with Crippen molar-refractivity contribution in [2.45, 2.75) is 32.1 Å². The largest absolute Gasteiger partial charge is 0.484 e. The van der Waals surface area contributed by atoms with Crippen molar-refractivity contribution in [3.8, 4) is 5.75 Å². The first-order valence-corrected chi connectivity index (χ1v) is 10.2. The molecule has 1 unspecified atom stereocenters. The molecule has 1 fully saturated rings. The molecule has 3 aromatic rings. The number of ether oxygens (including phenoxy) is 1. The summed E-state index contributed by atoms with van der Waals surface area (Å²) in [6.07, 6.45) is 4.11. The fourth-order valence-corrected chi connectivity index (χ4v) is 3.75. The van der Waals surface area contributed by atoms with Crippen molar-refractivity contribution in [2.24, 2.45) is 0 Å². The fraction of sp³-hybridized carbons (Fsp3) is 0.333. The van der Waals surface area contributed by atoms with Crippen LogP contribution >= 0.6 is 0 Å². The molecule has 1 saturated heterocycles. The van der Waals surface area contributed by atoms with Crippen molar-refractivity contribution in [3.63, 3.8) is 0 Å². The van der Waals surface area contributed by atoms with Crippen LogP contribution in [0.1, 0.15) is 41.5 Å². The number of nitrogens with zero attached hydrogens (tertiary/aromatic N) is 2. The number of aryl methyl sites for hydroxylation is 1. The maximum atomic E-state index is 13.1. The van der Waals surface area contributed by atoms with Crippen LogP contribution in [0.25, 0.3) is 0 Å². The summed E-state index contributed by atoms with van der Waals surface area (Å²) in [6.45, 7) is 3.28. The molecule has 2 heterocycles. The van der Waals surface area contributed by atoms with Crippen LogP contribution < -0.4 is 4.74 Å². The average molecular weight is 408 g/mol. The Kier molecular flexibility index (Phi) is 6.12. The summed E-state index contributed by atoms with van der Waals surface area (Å²) in [6, 6.07) is 14.0. The van der Waals surface area contributed by atoms with Gasteiger partial charge in [0.1, 0.15) is 17.3 Å². The van der Waals surface area contributed by atoms with Gasteiger partial charge in [0.05, 0.1) is 12.1 Å². The second-order valence-electron chi connectivity index (χ2n) is 7.70. The molecule has 30 heavy (non-hydrogen) atoms. The first kappa shape index (κ1) is 20.1. The number of halogens is 1. The standard InChI is InChI=1S/C24H25FN2O3/c1-17-5-2-3-7-22(17)29-16-23(28)27-12-4-6-19(15-27)24-26-14-21(30-24)13-18-8-10-20(25)11-9-18/h2-3,5,7-11,14,19H,4,6,12-13,15-16H2,1H3. The van der Waals surface area contributed by atoms with Crippen molar-refractivity contribution < 1.29 is 18.3 Å². The van der Waals surface area contributed by atoms with Gasteiger partial charge in [0.15, 0.2) is 12.5 Å². The number of amides is 1. The monoisotopic (exact) mass is 408 g/mol. The Morgan fingerprint density at radius 2 is 2.03 bits per heavy atom. The number of benzene rings is 2. The van der Waals surface area contributed by atoms with Crippen LogP contribution in [0.4, 0.5) is 4.39 Å². The number of oxazole rings is 1. The second kappa shape index (κ2) is 9.11. The number of hydrogen-bond acceptors (Lipinski definition) is 4. The van der Waals surface area contributed by atoms with Crippen LogP contribution in [0.3, 0.4) is 0 Å². The zero-order valence-electron chi connectivity index (χ0n) is 17.0. The van der Waals surface area contributed by atoms with E-state index in [2.05, 4.69) is 4.98 Å². The van der Waals surface area contributed by atoms with E-state index in [1.54, 1.807) is 18.3 Å². The van der Waals surface area contributed by atoms with Gasteiger partial charge >= 0.3 is 0 Å². The summed E-state index contributed by atoms with van der Waals surface area (Å²) in [4.78, 5) is 18.9. The van der Waals surface area contributed by atoms with E-state index in [-0.39, 0.29) is 24.2 Å². The van der Waals surface area contributed by atoms with Gasteiger partial charge in [-0.1, -0.05) is 30.3 Å². The number of carbonyl (C=O) groups is 1. The van der Waals surface area contributed by atoms with Gasteiger partial charge < -0.3 is 14.1 Å². The molecular weight excluding hydrogens is 383 g/mol. The second-order valence-corrected chi connectivity index (χ2v) is 7.70. The molecule has 0 bridgehead atoms. The Hall–Kier alpha value is -3.15. The molecule has 0 aliphatic carbocycles. The van der Waals surface area contributed by atoms with E-state index in [1.807, 2.05) is 36.1 Å². The lowest BCUT2D eigenvalue weighted by atomic mass is 9.98. The van der Waals surface area contributed by atoms with Crippen molar-refractivity contribution in [1.29, 1.82) is 0 Å². The molecule has 6 heteroatoms. The van der Waals surface area contributed by atoms with E-state index in [0.29, 0.717) is 18.9 Å². The number of aromatic nitrogens is 1. The van der Waals surface area contributed by atoms with Crippen LogP contribution in [-0.4, -0.2) is 35.5 Å². The summed E-state index contributed by atoms with van der Waals surface area (Å²) in [5.74, 6) is 1.92. The molecule has 0 saturated carbocycles. The molecule has 1 amide bonds. The molecule has 0 N–H and O–H groups in total. The minimum absolute atomic E-state index is 0.0268. The molecule has 0 spiro atoms. The van der Waals surface area contributed by atoms with Crippen LogP contribution in [0.15, 0.2) is 59.1 Å². The van der Waals surface area contributed by atoms with Crippen molar-refractivity contribution in [1.82, 2.24) is 9.88 Å². The van der Waals surface area contributed by atoms with E-state index in [4.69, 9.17) is 9.15 Å². The molecule has 1 atom stereocenters. The van der Waals surface area contributed by atoms with Crippen LogP contribution in [0.2, 0.25) is 0 Å². The van der Waals surface area contributed by atoms with Gasteiger partial charge in [-0.15, -0.1) is 0 Å². The number of carbonyl (C=O) groups excluding carboxylic acids is 1. The van der Waals surface area contributed by atoms with Gasteiger partial charge in [0.25, 0.3) is 5.91 Å². The van der Waals surface area contributed by atoms with Gasteiger partial charge in [-0.2, -0.15) is 0 Å². The van der Waals surface area contributed by atoms with E-state index < -0.39 is 0 Å². The van der Waals surface area contributed by atoms with Crippen LogP contribution in [0.5, 0.6) is 5.75 Å². The van der Waals surface area contributed by atoms with Crippen molar-refractivity contribution >= 4 is 5.91 Å². The van der Waals surface area contributed by atoms with Gasteiger partial charge in [0.2, 0.25) is 0 Å². The van der Waals surface area contributed by atoms with E-state index in [9.17, 15) is 9.18 Å². The maximum absolute atomic E-state index is 13.1. The van der Waals surface area contributed by atoms with Crippen LogP contribution in [0, 0.1) is 12.7 Å². The summed E-state index contributed by atoms with van der Waals surface area (Å²) < 4.78 is 24.7. The first-order chi connectivity index (χ1) is 14.6. The van der Waals surface area contributed by atoms with E-state index in [1.165, 1.54) is 12.1 Å². The molecule has 1 aliphatic rings. The summed E-state index contributed by atoms with van der Waals surface area (Å²) in [5, 5.41) is 0. The van der Waals surface area contributed by atoms with E-state index in [0.717, 1.165) is 42.0 Å². The molecular formula is C24H25FN2O3. The third-order valence-corrected chi connectivity index (χ3v) is 5.43. The average Bonchev–Trinajstić information content (AvgIpc) is 3.23. The Morgan fingerprint density at radius 1 is 1.23 bits per heavy atom. The molecule has 4 rings (SSSR count). The lowest BCUT2D eigenvalue weighted by molar-refractivity contribution is -0.134. The van der Waals surface area contributed by atoms with Gasteiger partial charge in [-0.25, -0.2) is 9.37 Å². The van der Waals surface area contributed by atoms with Crippen molar-refractivity contribution in [3.05, 3.63) is 83.3 Å². The Balaban J connectivity index is 1.34. The summed E-state index contributed by atoms with van der Waals surface area (Å²) in [5.41, 5.74) is 1.98. The Morgan fingerprint density at radius 3 is 2.83 bits per heavy atom. The molecule has 1 aliphatic heterocycles. The SMILES string of the molecule is Cc1ccccc1OCC(=O)N1CCCC(c2ncc(Cc3ccc(F)cc3)o2)C1. The minimum atomic E-state index is -0.254. The zero-order valence-corrected chi connectivity index (χ0v) is 17.0. The lowest BCUT2D eigenvalue weighted by Gasteiger charge is -2.31. The Bertz CT molecular complexity index is 1000. The van der Waals surface area contributed by atoms with Gasteiger partial charge in [-0.3, -0.25) is 4.79 Å². The predicted molar refractivity (Wildman–Crippen MR) is 111 cm³/mol. The van der Waals surface area contributed by atoms with Gasteiger partial charge in [0, 0.05) is 19.5 Å². The lowest BCUT2D eigenvalue weighted by Crippen LogP contribution is -2.41. The first-order valence-electron chi connectivity index (χ1n) is 10.2. The van der Waals surface area contributed by atoms with Crippen LogP contribution in [-0.2, 0) is 11.2 Å². The number of hydrogen-bond donors (Lipinski definition) is 0. The van der Waals surface area contributed by atoms with Crippen molar-refractivity contribution in [2.75, 3.05) is 19.7 Å². The van der Waals surface area contributed by atoms with Gasteiger partial charge in [-0.05, 0) is 49.1 Å². The van der Waals surface area contributed by atoms with E-state index >= 15 is 0 Å². The number of para-hydroxylation sites is 1. The predicted octanol–water partition coefficient (Wildman–Crippen LogP) is 4.50. The molecule has 5 nitrogen and oxygen atoms in total. The third kappa shape index (κ3) is 4.87. The highest BCUT2D eigenvalue weighted by Crippen LogP contribution is 2.27. The molecule has 2 aromatic carbocycles. The number of likely N-dealkylation sites (tertiary alicyclic amines) is 1. The maximum Gasteiger partial charge on any atom is 0.260 e. The minimum Gasteiger partial charge on any atom is -0.484 e. The number of piperidine rings is 1. The third-order valence-electron chi connectivity index (χ3n) is 5.43. The highest BCUT2D eigenvalue weighted by Gasteiger charge is 2.28. The highest BCUT2D eigenvalue weighted by atomic mass is 19.1. The topological polar surface area (TPSA) is 55.6 Å². The Labute approximate surface area is 175 Å². The molecule has 0 radical (unpaired) electrons. The fourth-order valence-electron chi connectivity index (χ4n) is 3.75. The number of rotatable bonds is 6. The highest BCUT2D eigenvalue weighted by molar-refractivity contribution is 5.78. The summed E-state index contributed by atoms with van der Waals surface area (Å²) >= 11 is 0. The molecule has 156 valence electrons.